The molecule has 0 atom stereocenters. The summed E-state index contributed by atoms with van der Waals surface area (Å²) in [6.45, 7) is 5.88. The van der Waals surface area contributed by atoms with Crippen LogP contribution in [-0.4, -0.2) is 65.7 Å². The van der Waals surface area contributed by atoms with Crippen LogP contribution in [0.5, 0.6) is 0 Å². The highest BCUT2D eigenvalue weighted by Crippen LogP contribution is 2.43. The van der Waals surface area contributed by atoms with Crippen molar-refractivity contribution >= 4 is 17.5 Å². The molecule has 0 bridgehead atoms. The molecule has 4 rings (SSSR count). The van der Waals surface area contributed by atoms with E-state index in [-0.39, 0.29) is 12.5 Å². The molecule has 2 fully saturated rings. The van der Waals surface area contributed by atoms with Crippen LogP contribution in [0.25, 0.3) is 11.1 Å². The van der Waals surface area contributed by atoms with Gasteiger partial charge in [0.15, 0.2) is 0 Å². The van der Waals surface area contributed by atoms with E-state index in [9.17, 15) is 4.79 Å². The Bertz CT molecular complexity index is 899. The van der Waals surface area contributed by atoms with Crippen molar-refractivity contribution in [1.29, 1.82) is 0 Å². The number of anilines is 2. The molecule has 31 heavy (non-hydrogen) atoms. The van der Waals surface area contributed by atoms with Crippen molar-refractivity contribution in [2.45, 2.75) is 39.0 Å². The van der Waals surface area contributed by atoms with Crippen LogP contribution in [0.2, 0.25) is 0 Å². The molecule has 2 aromatic rings. The van der Waals surface area contributed by atoms with Crippen LogP contribution in [0, 0.1) is 5.41 Å². The molecular weight excluding hydrogens is 392 g/mol. The molecule has 8 heteroatoms. The van der Waals surface area contributed by atoms with E-state index in [1.165, 1.54) is 0 Å². The van der Waals surface area contributed by atoms with Gasteiger partial charge in [0, 0.05) is 50.6 Å². The molecule has 2 N–H and O–H groups in total. The molecule has 1 spiro atoms. The van der Waals surface area contributed by atoms with Crippen molar-refractivity contribution in [3.05, 3.63) is 30.4 Å². The second kappa shape index (κ2) is 9.18. The van der Waals surface area contributed by atoms with Gasteiger partial charge >= 0.3 is 0 Å². The first-order valence-electron chi connectivity index (χ1n) is 11.1. The first kappa shape index (κ1) is 21.5. The van der Waals surface area contributed by atoms with Gasteiger partial charge in [0.2, 0.25) is 5.91 Å². The quantitative estimate of drug-likeness (QED) is 0.788. The van der Waals surface area contributed by atoms with Gasteiger partial charge in [-0.2, -0.15) is 0 Å². The van der Waals surface area contributed by atoms with Gasteiger partial charge in [0.1, 0.15) is 24.6 Å². The van der Waals surface area contributed by atoms with E-state index in [1.54, 1.807) is 13.4 Å². The fourth-order valence-electron chi connectivity index (χ4n) is 4.91. The standard InChI is InChI=1S/C23H32N6O2/c1-3-18-21(17-4-5-19(24)25-14-17)22(27-16-26-18)29-12-8-23(9-13-29)6-10-28(11-7-23)20(30)15-31-2/h4-5,14,16H,3,6-13,15H2,1-2H3,(H2,24,25). The Kier molecular flexibility index (Phi) is 6.36. The summed E-state index contributed by atoms with van der Waals surface area (Å²) in [5, 5.41) is 0. The molecule has 0 unspecified atom stereocenters. The number of carbonyl (C=O) groups is 1. The maximum atomic E-state index is 12.1. The van der Waals surface area contributed by atoms with Crippen molar-refractivity contribution in [2.75, 3.05) is 50.5 Å². The predicted octanol–water partition coefficient (Wildman–Crippen LogP) is 2.54. The second-order valence-electron chi connectivity index (χ2n) is 8.65. The summed E-state index contributed by atoms with van der Waals surface area (Å²) in [4.78, 5) is 30.0. The zero-order chi connectivity index (χ0) is 21.8. The number of nitrogens with zero attached hydrogens (tertiary/aromatic N) is 5. The van der Waals surface area contributed by atoms with Gasteiger partial charge in [-0.15, -0.1) is 0 Å². The number of aryl methyl sites for hydroxylation is 1. The number of amides is 1. The summed E-state index contributed by atoms with van der Waals surface area (Å²) in [6.07, 6.45) is 8.68. The number of hydrogen-bond acceptors (Lipinski definition) is 7. The van der Waals surface area contributed by atoms with Crippen molar-refractivity contribution in [1.82, 2.24) is 19.9 Å². The number of ether oxygens (including phenoxy) is 1. The van der Waals surface area contributed by atoms with Gasteiger partial charge in [0.05, 0.1) is 5.69 Å². The Hall–Kier alpha value is -2.74. The highest BCUT2D eigenvalue weighted by Gasteiger charge is 2.39. The minimum Gasteiger partial charge on any atom is -0.384 e. The molecule has 0 radical (unpaired) electrons. The van der Waals surface area contributed by atoms with Crippen LogP contribution >= 0.6 is 0 Å². The van der Waals surface area contributed by atoms with E-state index < -0.39 is 0 Å². The van der Waals surface area contributed by atoms with Gasteiger partial charge in [0.25, 0.3) is 0 Å². The van der Waals surface area contributed by atoms with Crippen LogP contribution in [-0.2, 0) is 16.0 Å². The average Bonchev–Trinajstić information content (AvgIpc) is 2.80. The lowest BCUT2D eigenvalue weighted by Gasteiger charge is -2.47. The molecule has 0 saturated carbocycles. The molecule has 0 aliphatic carbocycles. The van der Waals surface area contributed by atoms with Crippen LogP contribution < -0.4 is 10.6 Å². The summed E-state index contributed by atoms with van der Waals surface area (Å²) in [5.74, 6) is 1.60. The highest BCUT2D eigenvalue weighted by molar-refractivity contribution is 5.78. The Morgan fingerprint density at radius 1 is 1.10 bits per heavy atom. The summed E-state index contributed by atoms with van der Waals surface area (Å²) < 4.78 is 5.01. The molecule has 2 aromatic heterocycles. The zero-order valence-electron chi connectivity index (χ0n) is 18.5. The number of hydrogen-bond donors (Lipinski definition) is 1. The van der Waals surface area contributed by atoms with Crippen LogP contribution in [0.15, 0.2) is 24.7 Å². The van der Waals surface area contributed by atoms with E-state index in [2.05, 4.69) is 26.8 Å². The van der Waals surface area contributed by atoms with E-state index in [0.29, 0.717) is 11.2 Å². The van der Waals surface area contributed by atoms with Crippen molar-refractivity contribution in [2.24, 2.45) is 5.41 Å². The van der Waals surface area contributed by atoms with Gasteiger partial charge in [-0.1, -0.05) is 6.92 Å². The third kappa shape index (κ3) is 4.49. The molecule has 2 saturated heterocycles. The Morgan fingerprint density at radius 2 is 1.81 bits per heavy atom. The number of piperidine rings is 2. The first-order valence-corrected chi connectivity index (χ1v) is 11.1. The Balaban J connectivity index is 1.48. The molecular formula is C23H32N6O2. The summed E-state index contributed by atoms with van der Waals surface area (Å²) >= 11 is 0. The van der Waals surface area contributed by atoms with E-state index in [4.69, 9.17) is 10.5 Å². The summed E-state index contributed by atoms with van der Waals surface area (Å²) in [5.41, 5.74) is 9.22. The largest absolute Gasteiger partial charge is 0.384 e. The first-order chi connectivity index (χ1) is 15.0. The van der Waals surface area contributed by atoms with Crippen molar-refractivity contribution in [3.63, 3.8) is 0 Å². The molecule has 8 nitrogen and oxygen atoms in total. The lowest BCUT2D eigenvalue weighted by molar-refractivity contribution is -0.137. The molecule has 2 aliphatic heterocycles. The number of aromatic nitrogens is 3. The van der Waals surface area contributed by atoms with Crippen LogP contribution in [0.4, 0.5) is 11.6 Å². The SMILES string of the molecule is CCc1ncnc(N2CCC3(CCN(C(=O)COC)CC3)CC2)c1-c1ccc(N)nc1. The topological polar surface area (TPSA) is 97.5 Å². The minimum atomic E-state index is 0.101. The number of nitrogen functional groups attached to an aromatic ring is 1. The highest BCUT2D eigenvalue weighted by atomic mass is 16.5. The lowest BCUT2D eigenvalue weighted by Crippen LogP contribution is -2.49. The Morgan fingerprint density at radius 3 is 2.42 bits per heavy atom. The third-order valence-electron chi connectivity index (χ3n) is 6.88. The van der Waals surface area contributed by atoms with Crippen molar-refractivity contribution < 1.29 is 9.53 Å². The van der Waals surface area contributed by atoms with Crippen LogP contribution in [0.1, 0.15) is 38.3 Å². The summed E-state index contributed by atoms with van der Waals surface area (Å²) in [6, 6.07) is 3.83. The molecule has 1 amide bonds. The number of likely N-dealkylation sites (tertiary alicyclic amines) is 1. The predicted molar refractivity (Wildman–Crippen MR) is 121 cm³/mol. The van der Waals surface area contributed by atoms with Gasteiger partial charge in [-0.3, -0.25) is 4.79 Å². The Labute approximate surface area is 183 Å². The normalized spacial score (nSPS) is 18.4. The fourth-order valence-corrected chi connectivity index (χ4v) is 4.91. The molecule has 166 valence electrons. The fraction of sp³-hybridized carbons (Fsp3) is 0.565. The summed E-state index contributed by atoms with van der Waals surface area (Å²) in [7, 11) is 1.57. The monoisotopic (exact) mass is 424 g/mol. The number of pyridine rings is 1. The van der Waals surface area contributed by atoms with Gasteiger partial charge in [-0.25, -0.2) is 15.0 Å². The van der Waals surface area contributed by atoms with Crippen LogP contribution in [0.3, 0.4) is 0 Å². The number of nitrogens with two attached hydrogens (primary N) is 1. The minimum absolute atomic E-state index is 0.101. The third-order valence-corrected chi connectivity index (χ3v) is 6.88. The van der Waals surface area contributed by atoms with E-state index in [1.807, 2.05) is 23.2 Å². The average molecular weight is 425 g/mol. The number of methoxy groups -OCH3 is 1. The smallest absolute Gasteiger partial charge is 0.248 e. The number of carbonyl (C=O) groups excluding carboxylic acids is 1. The zero-order valence-corrected chi connectivity index (χ0v) is 18.5. The maximum absolute atomic E-state index is 12.1. The lowest BCUT2D eigenvalue weighted by atomic mass is 9.71. The number of rotatable bonds is 5. The maximum Gasteiger partial charge on any atom is 0.248 e. The van der Waals surface area contributed by atoms with Crippen molar-refractivity contribution in [3.8, 4) is 11.1 Å². The van der Waals surface area contributed by atoms with E-state index in [0.717, 1.165) is 80.9 Å². The second-order valence-corrected chi connectivity index (χ2v) is 8.65. The molecule has 0 aromatic carbocycles. The van der Waals surface area contributed by atoms with Gasteiger partial charge < -0.3 is 20.3 Å². The van der Waals surface area contributed by atoms with Gasteiger partial charge in [-0.05, 0) is 49.7 Å². The molecule has 4 heterocycles. The van der Waals surface area contributed by atoms with E-state index >= 15 is 0 Å². The molecule has 2 aliphatic rings.